The molecule has 0 unspecified atom stereocenters. The molecule has 0 fully saturated rings. The zero-order chi connectivity index (χ0) is 16.8. The van der Waals surface area contributed by atoms with Gasteiger partial charge < -0.3 is 16.0 Å². The van der Waals surface area contributed by atoms with E-state index >= 15 is 0 Å². The van der Waals surface area contributed by atoms with Crippen molar-refractivity contribution in [1.29, 1.82) is 0 Å². The summed E-state index contributed by atoms with van der Waals surface area (Å²) in [7, 11) is 0. The predicted octanol–water partition coefficient (Wildman–Crippen LogP) is 2.32. The second kappa shape index (κ2) is 7.35. The molecule has 0 bridgehead atoms. The lowest BCUT2D eigenvalue weighted by molar-refractivity contribution is -0.114. The summed E-state index contributed by atoms with van der Waals surface area (Å²) in [5, 5.41) is 8.52. The first-order valence-electron chi connectivity index (χ1n) is 7.21. The summed E-state index contributed by atoms with van der Waals surface area (Å²) in [5.74, 6) is 0.111. The molecule has 120 valence electrons. The minimum absolute atomic E-state index is 0.0404. The molecule has 0 spiro atoms. The Kier molecular flexibility index (Phi) is 5.24. The standard InChI is InChI=1S/C16H19N5O2/c1-10(2)19-16(23)14-8-18-15(9-17-14)21-13-6-4-5-12(7-13)20-11(3)22/h4-10H,1-3H3,(H,18,21)(H,19,23)(H,20,22). The first kappa shape index (κ1) is 16.4. The summed E-state index contributed by atoms with van der Waals surface area (Å²) in [4.78, 5) is 31.1. The molecule has 7 nitrogen and oxygen atoms in total. The Morgan fingerprint density at radius 3 is 2.43 bits per heavy atom. The van der Waals surface area contributed by atoms with Crippen molar-refractivity contribution in [3.63, 3.8) is 0 Å². The van der Waals surface area contributed by atoms with E-state index in [4.69, 9.17) is 0 Å². The largest absolute Gasteiger partial charge is 0.348 e. The second-order valence-electron chi connectivity index (χ2n) is 5.30. The maximum Gasteiger partial charge on any atom is 0.271 e. The highest BCUT2D eigenvalue weighted by Crippen LogP contribution is 2.18. The third-order valence-electron chi connectivity index (χ3n) is 2.76. The van der Waals surface area contributed by atoms with Crippen molar-refractivity contribution >= 4 is 29.0 Å². The number of hydrogen-bond donors (Lipinski definition) is 3. The summed E-state index contributed by atoms with van der Waals surface area (Å²) in [6.07, 6.45) is 2.90. The topological polar surface area (TPSA) is 96.0 Å². The van der Waals surface area contributed by atoms with Crippen LogP contribution < -0.4 is 16.0 Å². The molecule has 0 aliphatic rings. The van der Waals surface area contributed by atoms with Crippen molar-refractivity contribution in [3.05, 3.63) is 42.4 Å². The molecule has 0 saturated carbocycles. The highest BCUT2D eigenvalue weighted by Gasteiger charge is 2.09. The van der Waals surface area contributed by atoms with Gasteiger partial charge in [-0.15, -0.1) is 0 Å². The third kappa shape index (κ3) is 5.06. The molecule has 0 radical (unpaired) electrons. The molecule has 1 heterocycles. The Balaban J connectivity index is 2.06. The van der Waals surface area contributed by atoms with Gasteiger partial charge in [0.1, 0.15) is 11.5 Å². The maximum absolute atomic E-state index is 11.8. The number of carbonyl (C=O) groups is 2. The van der Waals surface area contributed by atoms with Gasteiger partial charge in [0, 0.05) is 24.3 Å². The van der Waals surface area contributed by atoms with Crippen LogP contribution in [0.15, 0.2) is 36.7 Å². The summed E-state index contributed by atoms with van der Waals surface area (Å²) in [6.45, 7) is 5.21. The van der Waals surface area contributed by atoms with E-state index in [0.29, 0.717) is 11.5 Å². The van der Waals surface area contributed by atoms with Crippen molar-refractivity contribution in [3.8, 4) is 0 Å². The van der Waals surface area contributed by atoms with Crippen LogP contribution in [0.3, 0.4) is 0 Å². The van der Waals surface area contributed by atoms with Crippen LogP contribution >= 0.6 is 0 Å². The van der Waals surface area contributed by atoms with Crippen LogP contribution in [-0.2, 0) is 4.79 Å². The molecule has 2 aromatic rings. The van der Waals surface area contributed by atoms with E-state index in [0.717, 1.165) is 5.69 Å². The Hall–Kier alpha value is -2.96. The van der Waals surface area contributed by atoms with Crippen molar-refractivity contribution in [2.75, 3.05) is 10.6 Å². The van der Waals surface area contributed by atoms with Crippen LogP contribution in [-0.4, -0.2) is 27.8 Å². The highest BCUT2D eigenvalue weighted by molar-refractivity contribution is 5.92. The average molecular weight is 313 g/mol. The fourth-order valence-electron chi connectivity index (χ4n) is 1.87. The van der Waals surface area contributed by atoms with Gasteiger partial charge in [-0.25, -0.2) is 9.97 Å². The minimum atomic E-state index is -0.258. The van der Waals surface area contributed by atoms with Crippen molar-refractivity contribution in [2.45, 2.75) is 26.8 Å². The lowest BCUT2D eigenvalue weighted by Crippen LogP contribution is -2.30. The van der Waals surface area contributed by atoms with Gasteiger partial charge in [-0.05, 0) is 32.0 Å². The van der Waals surface area contributed by atoms with Gasteiger partial charge in [-0.2, -0.15) is 0 Å². The molecule has 0 aliphatic heterocycles. The van der Waals surface area contributed by atoms with Gasteiger partial charge in [0.05, 0.1) is 12.4 Å². The fraction of sp³-hybridized carbons (Fsp3) is 0.250. The minimum Gasteiger partial charge on any atom is -0.348 e. The lowest BCUT2D eigenvalue weighted by atomic mass is 10.2. The van der Waals surface area contributed by atoms with Gasteiger partial charge in [0.15, 0.2) is 0 Å². The molecule has 0 aliphatic carbocycles. The number of hydrogen-bond acceptors (Lipinski definition) is 5. The van der Waals surface area contributed by atoms with Gasteiger partial charge in [-0.1, -0.05) is 6.07 Å². The van der Waals surface area contributed by atoms with E-state index < -0.39 is 0 Å². The van der Waals surface area contributed by atoms with Crippen molar-refractivity contribution in [2.24, 2.45) is 0 Å². The van der Waals surface area contributed by atoms with E-state index in [9.17, 15) is 9.59 Å². The molecule has 2 amide bonds. The molecule has 23 heavy (non-hydrogen) atoms. The highest BCUT2D eigenvalue weighted by atomic mass is 16.2. The Bertz CT molecular complexity index is 698. The van der Waals surface area contributed by atoms with Gasteiger partial charge in [0.25, 0.3) is 5.91 Å². The second-order valence-corrected chi connectivity index (χ2v) is 5.30. The Morgan fingerprint density at radius 1 is 1.09 bits per heavy atom. The fourth-order valence-corrected chi connectivity index (χ4v) is 1.87. The molecule has 0 atom stereocenters. The molecule has 0 saturated heterocycles. The van der Waals surface area contributed by atoms with E-state index in [1.54, 1.807) is 12.1 Å². The quantitative estimate of drug-likeness (QED) is 0.787. The van der Waals surface area contributed by atoms with E-state index in [1.807, 2.05) is 26.0 Å². The predicted molar refractivity (Wildman–Crippen MR) is 88.7 cm³/mol. The SMILES string of the molecule is CC(=O)Nc1cccc(Nc2cnc(C(=O)NC(C)C)cn2)c1. The van der Waals surface area contributed by atoms with Crippen LogP contribution in [0.5, 0.6) is 0 Å². The smallest absolute Gasteiger partial charge is 0.271 e. The monoisotopic (exact) mass is 313 g/mol. The molecular formula is C16H19N5O2. The van der Waals surface area contributed by atoms with Gasteiger partial charge in [-0.3, -0.25) is 9.59 Å². The summed E-state index contributed by atoms with van der Waals surface area (Å²) in [5.41, 5.74) is 1.70. The summed E-state index contributed by atoms with van der Waals surface area (Å²) in [6, 6.07) is 7.26. The number of carbonyl (C=O) groups excluding carboxylic acids is 2. The van der Waals surface area contributed by atoms with Crippen LogP contribution in [0.2, 0.25) is 0 Å². The van der Waals surface area contributed by atoms with Crippen LogP contribution in [0.4, 0.5) is 17.2 Å². The van der Waals surface area contributed by atoms with Crippen LogP contribution in [0.1, 0.15) is 31.3 Å². The van der Waals surface area contributed by atoms with Gasteiger partial charge >= 0.3 is 0 Å². The third-order valence-corrected chi connectivity index (χ3v) is 2.76. The summed E-state index contributed by atoms with van der Waals surface area (Å²) < 4.78 is 0. The van der Waals surface area contributed by atoms with Crippen molar-refractivity contribution in [1.82, 2.24) is 15.3 Å². The van der Waals surface area contributed by atoms with E-state index in [1.165, 1.54) is 19.3 Å². The lowest BCUT2D eigenvalue weighted by Gasteiger charge is -2.09. The van der Waals surface area contributed by atoms with Crippen molar-refractivity contribution < 1.29 is 9.59 Å². The zero-order valence-corrected chi connectivity index (χ0v) is 13.3. The number of rotatable bonds is 5. The van der Waals surface area contributed by atoms with E-state index in [2.05, 4.69) is 25.9 Å². The number of amides is 2. The Morgan fingerprint density at radius 2 is 1.83 bits per heavy atom. The zero-order valence-electron chi connectivity index (χ0n) is 13.3. The van der Waals surface area contributed by atoms with E-state index in [-0.39, 0.29) is 23.6 Å². The normalized spacial score (nSPS) is 10.3. The maximum atomic E-state index is 11.8. The molecule has 1 aromatic carbocycles. The van der Waals surface area contributed by atoms with Crippen LogP contribution in [0.25, 0.3) is 0 Å². The first-order chi connectivity index (χ1) is 10.9. The molecular weight excluding hydrogens is 294 g/mol. The number of aromatic nitrogens is 2. The summed E-state index contributed by atoms with van der Waals surface area (Å²) >= 11 is 0. The van der Waals surface area contributed by atoms with Crippen LogP contribution in [0, 0.1) is 0 Å². The Labute approximate surface area is 134 Å². The number of anilines is 3. The molecule has 2 rings (SSSR count). The molecule has 1 aromatic heterocycles. The number of benzene rings is 1. The molecule has 7 heteroatoms. The molecule has 3 N–H and O–H groups in total. The number of nitrogens with zero attached hydrogens (tertiary/aromatic N) is 2. The van der Waals surface area contributed by atoms with Gasteiger partial charge in [0.2, 0.25) is 5.91 Å². The number of nitrogens with one attached hydrogen (secondary N) is 3. The average Bonchev–Trinajstić information content (AvgIpc) is 2.47. The first-order valence-corrected chi connectivity index (χ1v) is 7.21.